The van der Waals surface area contributed by atoms with Crippen molar-refractivity contribution in [1.29, 1.82) is 0 Å². The van der Waals surface area contributed by atoms with E-state index in [0.29, 0.717) is 13.1 Å². The van der Waals surface area contributed by atoms with Crippen molar-refractivity contribution in [2.24, 2.45) is 7.05 Å². The summed E-state index contributed by atoms with van der Waals surface area (Å²) < 4.78 is 15.1. The molecule has 4 rings (SSSR count). The number of piperazine rings is 1. The summed E-state index contributed by atoms with van der Waals surface area (Å²) in [5.74, 6) is -0.159. The van der Waals surface area contributed by atoms with E-state index in [1.165, 1.54) is 17.7 Å². The molecule has 2 aromatic carbocycles. The number of aryl methyl sites for hydroxylation is 2. The predicted molar refractivity (Wildman–Crippen MR) is 102 cm³/mol. The van der Waals surface area contributed by atoms with Crippen molar-refractivity contribution in [2.45, 2.75) is 6.92 Å². The van der Waals surface area contributed by atoms with Gasteiger partial charge in [0.1, 0.15) is 11.5 Å². The normalized spacial score (nSPS) is 14.9. The number of nitrogens with zero attached hydrogens (tertiary/aromatic N) is 3. The molecule has 1 aromatic heterocycles. The van der Waals surface area contributed by atoms with Crippen molar-refractivity contribution in [3.05, 3.63) is 65.6 Å². The Kier molecular flexibility index (Phi) is 4.15. The lowest BCUT2D eigenvalue weighted by molar-refractivity contribution is 0.0737. The lowest BCUT2D eigenvalue weighted by Crippen LogP contribution is -2.49. The van der Waals surface area contributed by atoms with Crippen LogP contribution in [0.2, 0.25) is 0 Å². The zero-order valence-corrected chi connectivity index (χ0v) is 15.1. The number of halogens is 1. The minimum atomic E-state index is -0.228. The van der Waals surface area contributed by atoms with E-state index in [0.717, 1.165) is 35.4 Å². The highest BCUT2D eigenvalue weighted by Crippen LogP contribution is 2.22. The zero-order valence-electron chi connectivity index (χ0n) is 15.1. The van der Waals surface area contributed by atoms with E-state index < -0.39 is 0 Å². The molecule has 1 aliphatic rings. The Morgan fingerprint density at radius 3 is 2.35 bits per heavy atom. The largest absolute Gasteiger partial charge is 0.368 e. The number of hydrogen-bond acceptors (Lipinski definition) is 2. The van der Waals surface area contributed by atoms with Gasteiger partial charge in [0.2, 0.25) is 0 Å². The van der Waals surface area contributed by atoms with Crippen LogP contribution in [0.3, 0.4) is 0 Å². The number of benzene rings is 2. The van der Waals surface area contributed by atoms with E-state index in [9.17, 15) is 9.18 Å². The Bertz CT molecular complexity index is 953. The third-order valence-corrected chi connectivity index (χ3v) is 5.18. The molecule has 0 spiro atoms. The molecule has 0 N–H and O–H groups in total. The number of carbonyl (C=O) groups is 1. The first-order valence-corrected chi connectivity index (χ1v) is 8.89. The van der Waals surface area contributed by atoms with Crippen LogP contribution in [0.4, 0.5) is 10.1 Å². The topological polar surface area (TPSA) is 28.5 Å². The van der Waals surface area contributed by atoms with Crippen molar-refractivity contribution in [2.75, 3.05) is 31.1 Å². The maximum Gasteiger partial charge on any atom is 0.270 e. The quantitative estimate of drug-likeness (QED) is 0.706. The van der Waals surface area contributed by atoms with Gasteiger partial charge in [-0.15, -0.1) is 0 Å². The number of fused-ring (bicyclic) bond motifs is 1. The van der Waals surface area contributed by atoms with Gasteiger partial charge in [-0.2, -0.15) is 0 Å². The van der Waals surface area contributed by atoms with E-state index >= 15 is 0 Å². The van der Waals surface area contributed by atoms with Gasteiger partial charge in [-0.1, -0.05) is 11.6 Å². The fourth-order valence-electron chi connectivity index (χ4n) is 3.66. The lowest BCUT2D eigenvalue weighted by Gasteiger charge is -2.36. The Labute approximate surface area is 152 Å². The predicted octanol–water partition coefficient (Wildman–Crippen LogP) is 3.59. The molecule has 3 aromatic rings. The van der Waals surface area contributed by atoms with Gasteiger partial charge < -0.3 is 14.4 Å². The summed E-state index contributed by atoms with van der Waals surface area (Å²) in [5.41, 5.74) is 3.98. The van der Waals surface area contributed by atoms with Crippen molar-refractivity contribution in [3.8, 4) is 0 Å². The summed E-state index contributed by atoms with van der Waals surface area (Å²) >= 11 is 0. The molecular weight excluding hydrogens is 329 g/mol. The van der Waals surface area contributed by atoms with Crippen LogP contribution >= 0.6 is 0 Å². The van der Waals surface area contributed by atoms with Crippen LogP contribution in [-0.2, 0) is 7.05 Å². The smallest absolute Gasteiger partial charge is 0.270 e. The minimum Gasteiger partial charge on any atom is -0.368 e. The molecule has 1 amide bonds. The molecule has 1 saturated heterocycles. The second kappa shape index (κ2) is 6.48. The number of rotatable bonds is 2. The second-order valence-corrected chi connectivity index (χ2v) is 6.91. The highest BCUT2D eigenvalue weighted by Gasteiger charge is 2.24. The zero-order chi connectivity index (χ0) is 18.3. The van der Waals surface area contributed by atoms with Crippen molar-refractivity contribution in [3.63, 3.8) is 0 Å². The third-order valence-electron chi connectivity index (χ3n) is 5.18. The highest BCUT2D eigenvalue weighted by molar-refractivity contribution is 5.99. The van der Waals surface area contributed by atoms with Crippen LogP contribution in [0, 0.1) is 12.7 Å². The molecule has 0 unspecified atom stereocenters. The monoisotopic (exact) mass is 351 g/mol. The Hall–Kier alpha value is -2.82. The summed E-state index contributed by atoms with van der Waals surface area (Å²) in [6, 6.07) is 14.8. The molecule has 0 aliphatic carbocycles. The van der Waals surface area contributed by atoms with Crippen molar-refractivity contribution in [1.82, 2.24) is 9.47 Å². The van der Waals surface area contributed by atoms with Gasteiger partial charge in [-0.25, -0.2) is 4.39 Å². The van der Waals surface area contributed by atoms with Gasteiger partial charge >= 0.3 is 0 Å². The van der Waals surface area contributed by atoms with Crippen LogP contribution in [0.1, 0.15) is 16.1 Å². The molecule has 5 heteroatoms. The Balaban J connectivity index is 1.50. The molecular formula is C21H22FN3O. The van der Waals surface area contributed by atoms with Crippen molar-refractivity contribution < 1.29 is 9.18 Å². The van der Waals surface area contributed by atoms with Gasteiger partial charge in [0.05, 0.1) is 0 Å². The van der Waals surface area contributed by atoms with Gasteiger partial charge in [-0.3, -0.25) is 4.79 Å². The average molecular weight is 351 g/mol. The molecule has 2 heterocycles. The summed E-state index contributed by atoms with van der Waals surface area (Å²) in [6.45, 7) is 4.89. The van der Waals surface area contributed by atoms with E-state index in [4.69, 9.17) is 0 Å². The number of carbonyl (C=O) groups excluding carboxylic acids is 1. The molecule has 26 heavy (non-hydrogen) atoms. The molecule has 4 nitrogen and oxygen atoms in total. The van der Waals surface area contributed by atoms with Gasteiger partial charge in [0.15, 0.2) is 0 Å². The number of hydrogen-bond donors (Lipinski definition) is 0. The van der Waals surface area contributed by atoms with Crippen LogP contribution < -0.4 is 4.90 Å². The molecule has 0 radical (unpaired) electrons. The molecule has 1 aliphatic heterocycles. The summed E-state index contributed by atoms with van der Waals surface area (Å²) in [4.78, 5) is 17.1. The van der Waals surface area contributed by atoms with Crippen LogP contribution in [0.15, 0.2) is 48.5 Å². The van der Waals surface area contributed by atoms with Crippen molar-refractivity contribution >= 4 is 22.5 Å². The number of aromatic nitrogens is 1. The average Bonchev–Trinajstić information content (AvgIpc) is 2.98. The van der Waals surface area contributed by atoms with E-state index in [1.54, 1.807) is 12.1 Å². The van der Waals surface area contributed by atoms with E-state index in [-0.39, 0.29) is 11.7 Å². The SMILES string of the molecule is Cc1ccc2c(c1)cc(C(=O)N1CCN(c3ccc(F)cc3)CC1)n2C. The fraction of sp³-hybridized carbons (Fsp3) is 0.286. The Morgan fingerprint density at radius 2 is 1.65 bits per heavy atom. The summed E-state index contributed by atoms with van der Waals surface area (Å²) in [7, 11) is 1.94. The van der Waals surface area contributed by atoms with E-state index in [1.807, 2.05) is 22.6 Å². The first kappa shape index (κ1) is 16.6. The van der Waals surface area contributed by atoms with Crippen LogP contribution in [0.5, 0.6) is 0 Å². The second-order valence-electron chi connectivity index (χ2n) is 6.91. The van der Waals surface area contributed by atoms with Crippen LogP contribution in [0.25, 0.3) is 10.9 Å². The van der Waals surface area contributed by atoms with Gasteiger partial charge in [0.25, 0.3) is 5.91 Å². The maximum atomic E-state index is 13.1. The fourth-order valence-corrected chi connectivity index (χ4v) is 3.66. The third kappa shape index (κ3) is 2.94. The highest BCUT2D eigenvalue weighted by atomic mass is 19.1. The first-order valence-electron chi connectivity index (χ1n) is 8.89. The van der Waals surface area contributed by atoms with Gasteiger partial charge in [-0.05, 0) is 49.4 Å². The van der Waals surface area contributed by atoms with Crippen LogP contribution in [-0.4, -0.2) is 41.6 Å². The number of anilines is 1. The first-order chi connectivity index (χ1) is 12.5. The maximum absolute atomic E-state index is 13.1. The minimum absolute atomic E-state index is 0.0695. The lowest BCUT2D eigenvalue weighted by atomic mass is 10.2. The Morgan fingerprint density at radius 1 is 0.962 bits per heavy atom. The standard InChI is InChI=1S/C21H22FN3O/c1-15-3-8-19-16(13-15)14-20(23(19)2)21(26)25-11-9-24(10-12-25)18-6-4-17(22)5-7-18/h3-8,13-14H,9-12H2,1-2H3. The van der Waals surface area contributed by atoms with Gasteiger partial charge in [0, 0.05) is 49.8 Å². The number of amides is 1. The molecule has 1 fully saturated rings. The molecule has 0 atom stereocenters. The summed E-state index contributed by atoms with van der Waals surface area (Å²) in [6.07, 6.45) is 0. The summed E-state index contributed by atoms with van der Waals surface area (Å²) in [5, 5.41) is 1.10. The molecule has 0 bridgehead atoms. The molecule has 134 valence electrons. The molecule has 0 saturated carbocycles. The van der Waals surface area contributed by atoms with E-state index in [2.05, 4.69) is 30.0 Å².